The van der Waals surface area contributed by atoms with E-state index in [4.69, 9.17) is 4.74 Å². The molecule has 2 heterocycles. The van der Waals surface area contributed by atoms with E-state index < -0.39 is 0 Å². The van der Waals surface area contributed by atoms with Crippen LogP contribution in [-0.4, -0.2) is 31.4 Å². The van der Waals surface area contributed by atoms with Crippen LogP contribution in [0.3, 0.4) is 0 Å². The Kier molecular flexibility index (Phi) is 4.99. The zero-order chi connectivity index (χ0) is 13.8. The van der Waals surface area contributed by atoms with Crippen LogP contribution in [0.25, 0.3) is 0 Å². The molecular formula is C13H16BrNO3S. The maximum Gasteiger partial charge on any atom is 0.302 e. The SMILES string of the molecule is CC(=O)OCC1CCCCN1c1cc(Br)c(C=O)s1. The van der Waals surface area contributed by atoms with Gasteiger partial charge >= 0.3 is 5.97 Å². The standard InChI is InChI=1S/C13H16BrNO3S/c1-9(17)18-8-10-4-2-3-5-15(10)13-6-11(14)12(7-16)19-13/h6-7,10H,2-5,8H2,1H3. The van der Waals surface area contributed by atoms with Gasteiger partial charge in [0.25, 0.3) is 0 Å². The quantitative estimate of drug-likeness (QED) is 0.620. The van der Waals surface area contributed by atoms with Gasteiger partial charge in [0, 0.05) is 17.9 Å². The summed E-state index contributed by atoms with van der Waals surface area (Å²) in [6.07, 6.45) is 4.15. The molecule has 1 fully saturated rings. The Labute approximate surface area is 124 Å². The lowest BCUT2D eigenvalue weighted by Crippen LogP contribution is -2.42. The number of piperidine rings is 1. The molecule has 0 N–H and O–H groups in total. The van der Waals surface area contributed by atoms with Crippen molar-refractivity contribution in [3.8, 4) is 0 Å². The molecule has 6 heteroatoms. The van der Waals surface area contributed by atoms with Crippen molar-refractivity contribution in [3.05, 3.63) is 15.4 Å². The average Bonchev–Trinajstić information content (AvgIpc) is 2.78. The topological polar surface area (TPSA) is 46.6 Å². The fraction of sp³-hybridized carbons (Fsp3) is 0.538. The number of carbonyl (C=O) groups is 2. The number of anilines is 1. The minimum atomic E-state index is -0.244. The molecule has 0 bridgehead atoms. The summed E-state index contributed by atoms with van der Waals surface area (Å²) in [5.41, 5.74) is 0. The molecule has 19 heavy (non-hydrogen) atoms. The van der Waals surface area contributed by atoms with E-state index in [9.17, 15) is 9.59 Å². The first kappa shape index (κ1) is 14.5. The smallest absolute Gasteiger partial charge is 0.302 e. The Hall–Kier alpha value is -0.880. The van der Waals surface area contributed by atoms with Crippen LogP contribution in [0.4, 0.5) is 5.00 Å². The van der Waals surface area contributed by atoms with Gasteiger partial charge in [-0.25, -0.2) is 0 Å². The molecule has 1 saturated heterocycles. The fourth-order valence-electron chi connectivity index (χ4n) is 2.27. The predicted molar refractivity (Wildman–Crippen MR) is 79.0 cm³/mol. The molecule has 4 nitrogen and oxygen atoms in total. The first-order valence-corrected chi connectivity index (χ1v) is 7.87. The number of nitrogens with zero attached hydrogens (tertiary/aromatic N) is 1. The molecule has 1 unspecified atom stereocenters. The summed E-state index contributed by atoms with van der Waals surface area (Å²) in [6, 6.07) is 2.18. The molecule has 1 atom stereocenters. The van der Waals surface area contributed by atoms with E-state index in [1.54, 1.807) is 0 Å². The van der Waals surface area contributed by atoms with Gasteiger partial charge in [0.1, 0.15) is 6.61 Å². The van der Waals surface area contributed by atoms with E-state index in [-0.39, 0.29) is 12.0 Å². The maximum atomic E-state index is 10.9. The molecule has 1 aliphatic heterocycles. The van der Waals surface area contributed by atoms with Crippen molar-refractivity contribution in [3.63, 3.8) is 0 Å². The molecule has 0 saturated carbocycles. The van der Waals surface area contributed by atoms with Gasteiger partial charge in [0.15, 0.2) is 6.29 Å². The van der Waals surface area contributed by atoms with E-state index >= 15 is 0 Å². The average molecular weight is 346 g/mol. The third kappa shape index (κ3) is 3.57. The highest BCUT2D eigenvalue weighted by atomic mass is 79.9. The predicted octanol–water partition coefficient (Wildman–Crippen LogP) is 3.25. The van der Waals surface area contributed by atoms with Crippen molar-refractivity contribution >= 4 is 44.5 Å². The van der Waals surface area contributed by atoms with E-state index in [0.29, 0.717) is 11.5 Å². The molecular weight excluding hydrogens is 330 g/mol. The number of aldehydes is 1. The van der Waals surface area contributed by atoms with E-state index in [1.807, 2.05) is 6.07 Å². The first-order chi connectivity index (χ1) is 9.11. The van der Waals surface area contributed by atoms with Crippen molar-refractivity contribution in [2.24, 2.45) is 0 Å². The molecule has 1 aromatic heterocycles. The second-order valence-corrected chi connectivity index (χ2v) is 6.48. The van der Waals surface area contributed by atoms with Crippen molar-refractivity contribution < 1.29 is 14.3 Å². The van der Waals surface area contributed by atoms with E-state index in [0.717, 1.165) is 41.6 Å². The number of hydrogen-bond acceptors (Lipinski definition) is 5. The van der Waals surface area contributed by atoms with Crippen LogP contribution in [0.15, 0.2) is 10.5 Å². The monoisotopic (exact) mass is 345 g/mol. The Balaban J connectivity index is 2.13. The third-order valence-corrected chi connectivity index (χ3v) is 5.21. The minimum Gasteiger partial charge on any atom is -0.464 e. The summed E-state index contributed by atoms with van der Waals surface area (Å²) in [5, 5.41) is 1.06. The lowest BCUT2D eigenvalue weighted by molar-refractivity contribution is -0.141. The summed E-state index contributed by atoms with van der Waals surface area (Å²) in [7, 11) is 0. The third-order valence-electron chi connectivity index (χ3n) is 3.20. The molecule has 0 amide bonds. The van der Waals surface area contributed by atoms with Gasteiger partial charge in [-0.1, -0.05) is 0 Å². The highest BCUT2D eigenvalue weighted by Gasteiger charge is 2.25. The second kappa shape index (κ2) is 6.52. The zero-order valence-corrected chi connectivity index (χ0v) is 13.1. The zero-order valence-electron chi connectivity index (χ0n) is 10.7. The molecule has 0 spiro atoms. The van der Waals surface area contributed by atoms with Crippen LogP contribution in [0.5, 0.6) is 0 Å². The van der Waals surface area contributed by atoms with Crippen LogP contribution in [0, 0.1) is 0 Å². The largest absolute Gasteiger partial charge is 0.464 e. The Morgan fingerprint density at radius 3 is 3.05 bits per heavy atom. The van der Waals surface area contributed by atoms with Gasteiger partial charge < -0.3 is 9.64 Å². The fourth-order valence-corrected chi connectivity index (χ4v) is 3.94. The van der Waals surface area contributed by atoms with Crippen molar-refractivity contribution in [2.75, 3.05) is 18.1 Å². The Morgan fingerprint density at radius 1 is 1.63 bits per heavy atom. The molecule has 2 rings (SSSR count). The number of rotatable bonds is 4. The van der Waals surface area contributed by atoms with Gasteiger partial charge in [-0.2, -0.15) is 0 Å². The molecule has 1 aliphatic rings. The van der Waals surface area contributed by atoms with E-state index in [1.165, 1.54) is 18.3 Å². The highest BCUT2D eigenvalue weighted by molar-refractivity contribution is 9.10. The summed E-state index contributed by atoms with van der Waals surface area (Å²) >= 11 is 4.87. The Morgan fingerprint density at radius 2 is 2.42 bits per heavy atom. The maximum absolute atomic E-state index is 10.9. The molecule has 0 radical (unpaired) electrons. The number of hydrogen-bond donors (Lipinski definition) is 0. The highest BCUT2D eigenvalue weighted by Crippen LogP contribution is 2.36. The number of ether oxygens (including phenoxy) is 1. The lowest BCUT2D eigenvalue weighted by atomic mass is 10.0. The summed E-state index contributed by atoms with van der Waals surface area (Å²) in [6.45, 7) is 2.79. The molecule has 104 valence electrons. The van der Waals surface area contributed by atoms with Gasteiger partial charge in [0.05, 0.1) is 15.9 Å². The summed E-state index contributed by atoms with van der Waals surface area (Å²) in [5.74, 6) is -0.244. The van der Waals surface area contributed by atoms with Crippen LogP contribution in [0.2, 0.25) is 0 Å². The number of carbonyl (C=O) groups excluding carboxylic acids is 2. The summed E-state index contributed by atoms with van der Waals surface area (Å²) in [4.78, 5) is 24.8. The van der Waals surface area contributed by atoms with Gasteiger partial charge in [-0.3, -0.25) is 9.59 Å². The number of esters is 1. The van der Waals surface area contributed by atoms with Gasteiger partial charge in [0.2, 0.25) is 0 Å². The minimum absolute atomic E-state index is 0.211. The molecule has 0 aromatic carbocycles. The second-order valence-electron chi connectivity index (χ2n) is 4.56. The lowest BCUT2D eigenvalue weighted by Gasteiger charge is -2.36. The van der Waals surface area contributed by atoms with Crippen molar-refractivity contribution in [1.82, 2.24) is 0 Å². The van der Waals surface area contributed by atoms with Crippen molar-refractivity contribution in [1.29, 1.82) is 0 Å². The van der Waals surface area contributed by atoms with Gasteiger partial charge in [-0.05, 0) is 41.3 Å². The van der Waals surface area contributed by atoms with Crippen LogP contribution in [-0.2, 0) is 9.53 Å². The molecule has 0 aliphatic carbocycles. The van der Waals surface area contributed by atoms with Crippen LogP contribution in [0.1, 0.15) is 35.9 Å². The van der Waals surface area contributed by atoms with Crippen molar-refractivity contribution in [2.45, 2.75) is 32.2 Å². The molecule has 1 aromatic rings. The summed E-state index contributed by atoms with van der Waals surface area (Å²) < 4.78 is 5.97. The van der Waals surface area contributed by atoms with Gasteiger partial charge in [-0.15, -0.1) is 11.3 Å². The number of thiophene rings is 1. The van der Waals surface area contributed by atoms with Crippen LogP contribution < -0.4 is 4.90 Å². The van der Waals surface area contributed by atoms with E-state index in [2.05, 4.69) is 20.8 Å². The number of halogens is 1. The Bertz CT molecular complexity index is 474. The first-order valence-electron chi connectivity index (χ1n) is 6.26. The van der Waals surface area contributed by atoms with Crippen LogP contribution >= 0.6 is 27.3 Å². The normalized spacial score (nSPS) is 19.3.